The van der Waals surface area contributed by atoms with Crippen molar-refractivity contribution in [2.24, 2.45) is 0 Å². The minimum atomic E-state index is -0.917. The van der Waals surface area contributed by atoms with E-state index in [0.717, 1.165) is 25.0 Å². The average Bonchev–Trinajstić information content (AvgIpc) is 3.01. The van der Waals surface area contributed by atoms with Crippen molar-refractivity contribution < 1.29 is 23.8 Å². The number of alkyl carbamates (subject to hydrolysis) is 1. The van der Waals surface area contributed by atoms with Gasteiger partial charge in [-0.25, -0.2) is 4.79 Å². The van der Waals surface area contributed by atoms with Crippen LogP contribution < -0.4 is 14.8 Å². The monoisotopic (exact) mass is 369 g/mol. The molecule has 27 heavy (non-hydrogen) atoms. The lowest BCUT2D eigenvalue weighted by atomic mass is 10.1. The number of hydrogen-bond donors (Lipinski definition) is 1. The molecule has 0 aliphatic carbocycles. The number of cyclic esters (lactones) is 1. The van der Waals surface area contributed by atoms with Gasteiger partial charge in [0.25, 0.3) is 5.91 Å². The van der Waals surface area contributed by atoms with Gasteiger partial charge in [0, 0.05) is 12.0 Å². The number of carbonyl (C=O) groups is 2. The molecule has 2 amide bonds. The molecule has 1 unspecified atom stereocenters. The molecule has 1 saturated heterocycles. The van der Waals surface area contributed by atoms with Crippen LogP contribution in [-0.4, -0.2) is 25.2 Å². The summed E-state index contributed by atoms with van der Waals surface area (Å²) in [6, 6.07) is 15.1. The van der Waals surface area contributed by atoms with Crippen LogP contribution in [0.4, 0.5) is 4.79 Å². The van der Waals surface area contributed by atoms with Crippen LogP contribution in [0.15, 0.2) is 48.5 Å². The average molecular weight is 369 g/mol. The summed E-state index contributed by atoms with van der Waals surface area (Å²) in [4.78, 5) is 22.8. The van der Waals surface area contributed by atoms with Crippen LogP contribution in [0.2, 0.25) is 0 Å². The largest absolute Gasteiger partial charge is 0.493 e. The number of carbonyl (C=O) groups excluding carboxylic acids is 2. The Bertz CT molecular complexity index is 805. The topological polar surface area (TPSA) is 73.9 Å². The Labute approximate surface area is 158 Å². The van der Waals surface area contributed by atoms with Crippen molar-refractivity contribution in [2.45, 2.75) is 32.3 Å². The van der Waals surface area contributed by atoms with Gasteiger partial charge in [0.05, 0.1) is 13.2 Å². The van der Waals surface area contributed by atoms with Crippen LogP contribution in [0.25, 0.3) is 0 Å². The lowest BCUT2D eigenvalue weighted by Gasteiger charge is -2.12. The molecule has 2 aromatic carbocycles. The number of imide groups is 1. The first-order valence-electron chi connectivity index (χ1n) is 9.12. The number of ether oxygens (including phenoxy) is 3. The highest BCUT2D eigenvalue weighted by Gasteiger charge is 2.33. The molecule has 0 radical (unpaired) electrons. The van der Waals surface area contributed by atoms with Crippen molar-refractivity contribution in [3.05, 3.63) is 59.7 Å². The van der Waals surface area contributed by atoms with Crippen LogP contribution in [0.3, 0.4) is 0 Å². The molecule has 2 aromatic rings. The number of hydrogen-bond acceptors (Lipinski definition) is 5. The van der Waals surface area contributed by atoms with Crippen LogP contribution in [0, 0.1) is 0 Å². The fourth-order valence-electron chi connectivity index (χ4n) is 2.89. The fraction of sp³-hybridized carbons (Fsp3) is 0.333. The number of nitrogens with one attached hydrogen (secondary N) is 1. The van der Waals surface area contributed by atoms with Crippen molar-refractivity contribution >= 4 is 12.0 Å². The molecule has 3 rings (SSSR count). The molecule has 142 valence electrons. The molecule has 6 nitrogen and oxygen atoms in total. The van der Waals surface area contributed by atoms with Gasteiger partial charge in [-0.05, 0) is 30.2 Å². The summed E-state index contributed by atoms with van der Waals surface area (Å²) >= 11 is 0. The molecular weight excluding hydrogens is 346 g/mol. The Kier molecular flexibility index (Phi) is 6.30. The molecule has 1 heterocycles. The standard InChI is InChI=1S/C21H23NO5/c1-2-7-15-8-3-4-11-18(15)26-13-6-12-25-17-10-5-9-16(14-17)19-20(23)22-21(24)27-19/h3-5,8-11,14,19H,2,6-7,12-13H2,1H3,(H,22,23,24). The van der Waals surface area contributed by atoms with E-state index in [2.05, 4.69) is 18.3 Å². The minimum absolute atomic E-state index is 0.462. The second kappa shape index (κ2) is 9.07. The summed E-state index contributed by atoms with van der Waals surface area (Å²) < 4.78 is 16.6. The maximum Gasteiger partial charge on any atom is 0.415 e. The molecular formula is C21H23NO5. The van der Waals surface area contributed by atoms with Crippen molar-refractivity contribution in [1.82, 2.24) is 5.32 Å². The van der Waals surface area contributed by atoms with Gasteiger partial charge in [-0.1, -0.05) is 43.7 Å². The highest BCUT2D eigenvalue weighted by Crippen LogP contribution is 2.25. The van der Waals surface area contributed by atoms with E-state index >= 15 is 0 Å². The predicted molar refractivity (Wildman–Crippen MR) is 99.9 cm³/mol. The quantitative estimate of drug-likeness (QED) is 0.681. The third-order valence-corrected chi connectivity index (χ3v) is 4.16. The van der Waals surface area contributed by atoms with Crippen LogP contribution >= 0.6 is 0 Å². The van der Waals surface area contributed by atoms with E-state index in [4.69, 9.17) is 14.2 Å². The second-order valence-electron chi connectivity index (χ2n) is 6.26. The molecule has 1 atom stereocenters. The molecule has 0 aromatic heterocycles. The lowest BCUT2D eigenvalue weighted by Crippen LogP contribution is -2.20. The van der Waals surface area contributed by atoms with E-state index in [1.165, 1.54) is 5.56 Å². The van der Waals surface area contributed by atoms with Gasteiger partial charge >= 0.3 is 6.09 Å². The molecule has 6 heteroatoms. The zero-order valence-electron chi connectivity index (χ0n) is 15.3. The molecule has 0 bridgehead atoms. The van der Waals surface area contributed by atoms with Gasteiger partial charge in [0.2, 0.25) is 6.10 Å². The molecule has 0 spiro atoms. The summed E-state index contributed by atoms with van der Waals surface area (Å²) in [5, 5.41) is 2.12. The zero-order valence-corrected chi connectivity index (χ0v) is 15.3. The Balaban J connectivity index is 1.47. The Morgan fingerprint density at radius 2 is 1.85 bits per heavy atom. The first kappa shape index (κ1) is 18.8. The third-order valence-electron chi connectivity index (χ3n) is 4.16. The lowest BCUT2D eigenvalue weighted by molar-refractivity contribution is -0.123. The first-order chi connectivity index (χ1) is 13.2. The predicted octanol–water partition coefficient (Wildman–Crippen LogP) is 3.79. The number of amides is 2. The van der Waals surface area contributed by atoms with Crippen LogP contribution in [0.5, 0.6) is 11.5 Å². The maximum atomic E-state index is 11.7. The van der Waals surface area contributed by atoms with Gasteiger partial charge in [0.15, 0.2) is 0 Å². The number of rotatable bonds is 9. The van der Waals surface area contributed by atoms with E-state index in [-0.39, 0.29) is 0 Å². The van der Waals surface area contributed by atoms with Gasteiger partial charge in [0.1, 0.15) is 11.5 Å². The van der Waals surface area contributed by atoms with Crippen LogP contribution in [-0.2, 0) is 16.0 Å². The molecule has 1 fully saturated rings. The molecule has 0 saturated carbocycles. The van der Waals surface area contributed by atoms with E-state index in [1.807, 2.05) is 18.2 Å². The SMILES string of the molecule is CCCc1ccccc1OCCCOc1cccc(C2OC(=O)NC2=O)c1. The van der Waals surface area contributed by atoms with Crippen molar-refractivity contribution in [1.29, 1.82) is 0 Å². The highest BCUT2D eigenvalue weighted by molar-refractivity contribution is 6.00. The Hall–Kier alpha value is -3.02. The maximum absolute atomic E-state index is 11.7. The van der Waals surface area contributed by atoms with E-state index in [1.54, 1.807) is 24.3 Å². The number of para-hydroxylation sites is 1. The van der Waals surface area contributed by atoms with Crippen molar-refractivity contribution in [3.63, 3.8) is 0 Å². The number of benzene rings is 2. The summed E-state index contributed by atoms with van der Waals surface area (Å²) in [6.07, 6.45) is 1.16. The Morgan fingerprint density at radius 3 is 2.63 bits per heavy atom. The summed E-state index contributed by atoms with van der Waals surface area (Å²) in [5.74, 6) is 1.08. The summed E-state index contributed by atoms with van der Waals surface area (Å²) in [6.45, 7) is 3.19. The van der Waals surface area contributed by atoms with Gasteiger partial charge < -0.3 is 14.2 Å². The normalized spacial score (nSPS) is 16.0. The molecule has 1 aliphatic rings. The van der Waals surface area contributed by atoms with Gasteiger partial charge in [-0.3, -0.25) is 10.1 Å². The minimum Gasteiger partial charge on any atom is -0.493 e. The number of aryl methyl sites for hydroxylation is 1. The second-order valence-corrected chi connectivity index (χ2v) is 6.26. The van der Waals surface area contributed by atoms with Crippen molar-refractivity contribution in [2.75, 3.05) is 13.2 Å². The van der Waals surface area contributed by atoms with Crippen LogP contribution in [0.1, 0.15) is 37.0 Å². The van der Waals surface area contributed by atoms with Crippen molar-refractivity contribution in [3.8, 4) is 11.5 Å². The smallest absolute Gasteiger partial charge is 0.415 e. The summed E-state index contributed by atoms with van der Waals surface area (Å²) in [5.41, 5.74) is 1.80. The third kappa shape index (κ3) is 5.00. The first-order valence-corrected chi connectivity index (χ1v) is 9.12. The molecule has 1 N–H and O–H groups in total. The zero-order chi connectivity index (χ0) is 19.1. The summed E-state index contributed by atoms with van der Waals surface area (Å²) in [7, 11) is 0. The fourth-order valence-corrected chi connectivity index (χ4v) is 2.89. The Morgan fingerprint density at radius 1 is 1.04 bits per heavy atom. The van der Waals surface area contributed by atoms with Gasteiger partial charge in [-0.15, -0.1) is 0 Å². The molecule has 1 aliphatic heterocycles. The van der Waals surface area contributed by atoms with E-state index in [9.17, 15) is 9.59 Å². The van der Waals surface area contributed by atoms with E-state index < -0.39 is 18.1 Å². The van der Waals surface area contributed by atoms with E-state index in [0.29, 0.717) is 24.5 Å². The highest BCUT2D eigenvalue weighted by atomic mass is 16.6. The van der Waals surface area contributed by atoms with Gasteiger partial charge in [-0.2, -0.15) is 0 Å².